The first kappa shape index (κ1) is 17.0. The molecule has 1 aromatic heterocycles. The molecule has 3 rings (SSSR count). The van der Waals surface area contributed by atoms with Gasteiger partial charge < -0.3 is 9.26 Å². The Balaban J connectivity index is 1.60. The van der Waals surface area contributed by atoms with Crippen LogP contribution in [0.5, 0.6) is 0 Å². The predicted molar refractivity (Wildman–Crippen MR) is 91.7 cm³/mol. The highest BCUT2D eigenvalue weighted by molar-refractivity contribution is 5.87. The van der Waals surface area contributed by atoms with Crippen molar-refractivity contribution in [2.75, 3.05) is 0 Å². The van der Waals surface area contributed by atoms with Crippen LogP contribution in [0.2, 0.25) is 0 Å². The fourth-order valence-corrected chi connectivity index (χ4v) is 2.15. The van der Waals surface area contributed by atoms with Gasteiger partial charge in [-0.25, -0.2) is 4.79 Å². The van der Waals surface area contributed by atoms with Gasteiger partial charge in [0.25, 0.3) is 11.6 Å². The van der Waals surface area contributed by atoms with Crippen LogP contribution in [0, 0.1) is 10.1 Å². The maximum atomic E-state index is 11.8. The van der Waals surface area contributed by atoms with E-state index in [0.29, 0.717) is 11.4 Å². The first-order chi connectivity index (χ1) is 12.6. The van der Waals surface area contributed by atoms with Gasteiger partial charge in [-0.1, -0.05) is 47.6 Å². The van der Waals surface area contributed by atoms with E-state index in [1.165, 1.54) is 18.2 Å². The second-order valence-electron chi connectivity index (χ2n) is 5.13. The lowest BCUT2D eigenvalue weighted by atomic mass is 10.1. The number of hydrogen-bond donors (Lipinski definition) is 0. The van der Waals surface area contributed by atoms with E-state index in [-0.39, 0.29) is 18.2 Å². The van der Waals surface area contributed by atoms with Gasteiger partial charge in [-0.05, 0) is 12.1 Å². The Hall–Kier alpha value is -3.81. The fourth-order valence-electron chi connectivity index (χ4n) is 2.15. The van der Waals surface area contributed by atoms with E-state index in [2.05, 4.69) is 10.1 Å². The largest absolute Gasteiger partial charge is 0.452 e. The van der Waals surface area contributed by atoms with E-state index in [4.69, 9.17) is 9.26 Å². The van der Waals surface area contributed by atoms with E-state index < -0.39 is 10.9 Å². The summed E-state index contributed by atoms with van der Waals surface area (Å²) in [5.74, 6) is -0.133. The summed E-state index contributed by atoms with van der Waals surface area (Å²) in [7, 11) is 0. The molecule has 1 heterocycles. The van der Waals surface area contributed by atoms with Gasteiger partial charge in [0.1, 0.15) is 0 Å². The van der Waals surface area contributed by atoms with Crippen LogP contribution in [0.15, 0.2) is 65.2 Å². The molecule has 0 unspecified atom stereocenters. The highest BCUT2D eigenvalue weighted by Crippen LogP contribution is 2.19. The molecule has 0 fully saturated rings. The van der Waals surface area contributed by atoms with Crippen LogP contribution < -0.4 is 0 Å². The molecule has 0 radical (unpaired) electrons. The number of carbonyl (C=O) groups excluding carboxylic acids is 1. The molecule has 0 aliphatic carbocycles. The molecule has 0 aliphatic rings. The molecular weight excluding hydrogens is 338 g/mol. The molecule has 26 heavy (non-hydrogen) atoms. The number of nitro benzene ring substituents is 1. The topological polar surface area (TPSA) is 108 Å². The van der Waals surface area contributed by atoms with Crippen LogP contribution in [0.3, 0.4) is 0 Å². The average molecular weight is 351 g/mol. The maximum absolute atomic E-state index is 11.8. The van der Waals surface area contributed by atoms with Gasteiger partial charge in [0, 0.05) is 17.7 Å². The lowest BCUT2D eigenvalue weighted by molar-refractivity contribution is -0.385. The Morgan fingerprint density at radius 3 is 2.65 bits per heavy atom. The van der Waals surface area contributed by atoms with Crippen molar-refractivity contribution in [1.82, 2.24) is 10.1 Å². The quantitative estimate of drug-likeness (QED) is 0.290. The van der Waals surface area contributed by atoms with Crippen molar-refractivity contribution in [2.24, 2.45) is 0 Å². The number of rotatable bonds is 6. The van der Waals surface area contributed by atoms with E-state index in [1.54, 1.807) is 12.1 Å². The summed E-state index contributed by atoms with van der Waals surface area (Å²) in [6.07, 6.45) is 2.43. The molecule has 3 aromatic rings. The Bertz CT molecular complexity index is 950. The third kappa shape index (κ3) is 4.18. The van der Waals surface area contributed by atoms with Crippen LogP contribution in [-0.2, 0) is 16.1 Å². The predicted octanol–water partition coefficient (Wildman–Crippen LogP) is 3.40. The lowest BCUT2D eigenvalue weighted by Gasteiger charge is -1.98. The zero-order valence-corrected chi connectivity index (χ0v) is 13.4. The van der Waals surface area contributed by atoms with Gasteiger partial charge >= 0.3 is 5.97 Å². The normalized spacial score (nSPS) is 10.8. The van der Waals surface area contributed by atoms with Crippen LogP contribution in [-0.4, -0.2) is 21.0 Å². The number of benzene rings is 2. The minimum absolute atomic E-state index is 0.0963. The van der Waals surface area contributed by atoms with E-state index in [0.717, 1.165) is 11.6 Å². The molecule has 8 nitrogen and oxygen atoms in total. The van der Waals surface area contributed by atoms with E-state index >= 15 is 0 Å². The highest BCUT2D eigenvalue weighted by atomic mass is 16.6. The number of nitrogens with zero attached hydrogens (tertiary/aromatic N) is 3. The second-order valence-corrected chi connectivity index (χ2v) is 5.13. The molecule has 0 bridgehead atoms. The summed E-state index contributed by atoms with van der Waals surface area (Å²) < 4.78 is 10.0. The number of aromatic nitrogens is 2. The molecule has 0 N–H and O–H groups in total. The number of ether oxygens (including phenoxy) is 1. The summed E-state index contributed by atoms with van der Waals surface area (Å²) in [6.45, 7) is -0.195. The number of hydrogen-bond acceptors (Lipinski definition) is 7. The van der Waals surface area contributed by atoms with E-state index in [9.17, 15) is 14.9 Å². The zero-order valence-electron chi connectivity index (χ0n) is 13.4. The number of esters is 1. The van der Waals surface area contributed by atoms with Crippen molar-refractivity contribution >= 4 is 17.7 Å². The second kappa shape index (κ2) is 7.84. The first-order valence-corrected chi connectivity index (χ1v) is 7.60. The third-order valence-corrected chi connectivity index (χ3v) is 3.37. The van der Waals surface area contributed by atoms with Crippen molar-refractivity contribution in [3.05, 3.63) is 82.2 Å². The van der Waals surface area contributed by atoms with Gasteiger partial charge in [-0.15, -0.1) is 0 Å². The molecule has 0 aliphatic heterocycles. The van der Waals surface area contributed by atoms with Gasteiger partial charge in [0.15, 0.2) is 6.61 Å². The summed E-state index contributed by atoms with van der Waals surface area (Å²) in [5.41, 5.74) is 0.990. The zero-order chi connectivity index (χ0) is 18.4. The molecule has 8 heteroatoms. The highest BCUT2D eigenvalue weighted by Gasteiger charge is 2.12. The minimum atomic E-state index is -0.678. The number of nitro groups is 1. The van der Waals surface area contributed by atoms with Crippen LogP contribution >= 0.6 is 0 Å². The summed E-state index contributed by atoms with van der Waals surface area (Å²) in [4.78, 5) is 26.3. The third-order valence-electron chi connectivity index (χ3n) is 3.37. The number of para-hydroxylation sites is 1. The van der Waals surface area contributed by atoms with Crippen molar-refractivity contribution < 1.29 is 19.0 Å². The van der Waals surface area contributed by atoms with Gasteiger partial charge in [-0.2, -0.15) is 4.98 Å². The molecule has 130 valence electrons. The van der Waals surface area contributed by atoms with Gasteiger partial charge in [0.2, 0.25) is 5.82 Å². The standard InChI is InChI=1S/C18H13N3O5/c22-17(11-10-13-6-4-5-9-15(13)21(23)24)25-12-16-19-18(20-26-16)14-7-2-1-3-8-14/h1-11H,12H2/b11-10+. The molecule has 0 saturated carbocycles. The summed E-state index contributed by atoms with van der Waals surface area (Å²) in [6, 6.07) is 15.3. The molecule has 0 atom stereocenters. The lowest BCUT2D eigenvalue weighted by Crippen LogP contribution is -2.01. The smallest absolute Gasteiger partial charge is 0.331 e. The Labute approximate surface area is 147 Å². The van der Waals surface area contributed by atoms with Crippen LogP contribution in [0.4, 0.5) is 5.69 Å². The van der Waals surface area contributed by atoms with Crippen molar-refractivity contribution in [3.8, 4) is 11.4 Å². The van der Waals surface area contributed by atoms with Crippen LogP contribution in [0.25, 0.3) is 17.5 Å². The van der Waals surface area contributed by atoms with Gasteiger partial charge in [0.05, 0.1) is 10.5 Å². The SMILES string of the molecule is O=C(/C=C/c1ccccc1[N+](=O)[O-])OCc1nc(-c2ccccc2)no1. The Morgan fingerprint density at radius 1 is 1.15 bits per heavy atom. The van der Waals surface area contributed by atoms with Gasteiger partial charge in [-0.3, -0.25) is 10.1 Å². The maximum Gasteiger partial charge on any atom is 0.331 e. The summed E-state index contributed by atoms with van der Waals surface area (Å²) >= 11 is 0. The monoisotopic (exact) mass is 351 g/mol. The fraction of sp³-hybridized carbons (Fsp3) is 0.0556. The van der Waals surface area contributed by atoms with Crippen molar-refractivity contribution in [3.63, 3.8) is 0 Å². The first-order valence-electron chi connectivity index (χ1n) is 7.60. The van der Waals surface area contributed by atoms with Crippen LogP contribution in [0.1, 0.15) is 11.5 Å². The van der Waals surface area contributed by atoms with Crippen molar-refractivity contribution in [2.45, 2.75) is 6.61 Å². The molecule has 0 amide bonds. The molecule has 2 aromatic carbocycles. The average Bonchev–Trinajstić information content (AvgIpc) is 3.14. The molecule has 0 spiro atoms. The Kier molecular flexibility index (Phi) is 5.14. The Morgan fingerprint density at radius 2 is 1.88 bits per heavy atom. The summed E-state index contributed by atoms with van der Waals surface area (Å²) in [5, 5.41) is 14.7. The minimum Gasteiger partial charge on any atom is -0.452 e. The molecule has 0 saturated heterocycles. The van der Waals surface area contributed by atoms with Crippen molar-refractivity contribution in [1.29, 1.82) is 0 Å². The number of carbonyl (C=O) groups is 1. The van der Waals surface area contributed by atoms with E-state index in [1.807, 2.05) is 30.3 Å². The molecular formula is C18H13N3O5.